The summed E-state index contributed by atoms with van der Waals surface area (Å²) in [6.07, 6.45) is 3.81. The first-order valence-electron chi connectivity index (χ1n) is 5.77. The fraction of sp³-hybridized carbons (Fsp3) is 0.917. The molecule has 3 nitrogen and oxygen atoms in total. The Hall–Kier alpha value is -0.570. The van der Waals surface area contributed by atoms with Crippen LogP contribution in [-0.2, 0) is 9.53 Å². The highest BCUT2D eigenvalue weighted by atomic mass is 16.6. The Kier molecular flexibility index (Phi) is 6.57. The van der Waals surface area contributed by atoms with Gasteiger partial charge < -0.3 is 9.84 Å². The van der Waals surface area contributed by atoms with Crippen LogP contribution in [0.1, 0.15) is 59.8 Å². The molecule has 15 heavy (non-hydrogen) atoms. The Morgan fingerprint density at radius 2 is 1.87 bits per heavy atom. The van der Waals surface area contributed by atoms with Crippen LogP contribution in [0.5, 0.6) is 0 Å². The summed E-state index contributed by atoms with van der Waals surface area (Å²) in [5.74, 6) is -0.501. The van der Waals surface area contributed by atoms with E-state index >= 15 is 0 Å². The van der Waals surface area contributed by atoms with Gasteiger partial charge in [-0.1, -0.05) is 32.6 Å². The molecular weight excluding hydrogens is 192 g/mol. The highest BCUT2D eigenvalue weighted by Crippen LogP contribution is 2.12. The zero-order valence-electron chi connectivity index (χ0n) is 10.4. The number of carbonyl (C=O) groups excluding carboxylic acids is 1. The highest BCUT2D eigenvalue weighted by molar-refractivity contribution is 5.74. The van der Waals surface area contributed by atoms with E-state index in [4.69, 9.17) is 4.74 Å². The quantitative estimate of drug-likeness (QED) is 0.548. The van der Waals surface area contributed by atoms with E-state index in [1.165, 1.54) is 0 Å². The molecule has 90 valence electrons. The van der Waals surface area contributed by atoms with Crippen molar-refractivity contribution in [2.24, 2.45) is 0 Å². The summed E-state index contributed by atoms with van der Waals surface area (Å²) in [7, 11) is 0. The molecule has 0 aromatic heterocycles. The summed E-state index contributed by atoms with van der Waals surface area (Å²) >= 11 is 0. The molecule has 0 saturated heterocycles. The Bertz CT molecular complexity index is 182. The third kappa shape index (κ3) is 8.43. The van der Waals surface area contributed by atoms with Gasteiger partial charge in [-0.15, -0.1) is 0 Å². The average molecular weight is 216 g/mol. The van der Waals surface area contributed by atoms with Crippen molar-refractivity contribution >= 4 is 5.97 Å². The van der Waals surface area contributed by atoms with E-state index in [1.54, 1.807) is 20.8 Å². The number of aliphatic hydroxyl groups is 1. The van der Waals surface area contributed by atoms with E-state index in [0.717, 1.165) is 25.7 Å². The lowest BCUT2D eigenvalue weighted by atomic mass is 10.1. The molecule has 0 radical (unpaired) electrons. The van der Waals surface area contributed by atoms with Gasteiger partial charge in [-0.2, -0.15) is 0 Å². The van der Waals surface area contributed by atoms with Crippen molar-refractivity contribution in [2.45, 2.75) is 71.5 Å². The van der Waals surface area contributed by atoms with Crippen LogP contribution in [0.15, 0.2) is 0 Å². The summed E-state index contributed by atoms with van der Waals surface area (Å²) in [6, 6.07) is 0. The number of rotatable bonds is 6. The molecule has 0 amide bonds. The normalized spacial score (nSPS) is 13.7. The largest absolute Gasteiger partial charge is 0.458 e. The van der Waals surface area contributed by atoms with E-state index in [0.29, 0.717) is 6.42 Å². The minimum absolute atomic E-state index is 0.501. The maximum Gasteiger partial charge on any atom is 0.335 e. The molecule has 0 heterocycles. The van der Waals surface area contributed by atoms with Crippen LogP contribution < -0.4 is 0 Å². The van der Waals surface area contributed by atoms with Gasteiger partial charge in [0, 0.05) is 0 Å². The Morgan fingerprint density at radius 3 is 2.33 bits per heavy atom. The second-order valence-corrected chi connectivity index (χ2v) is 4.90. The van der Waals surface area contributed by atoms with Gasteiger partial charge in [-0.3, -0.25) is 0 Å². The molecular formula is C12H24O3. The van der Waals surface area contributed by atoms with Gasteiger partial charge in [0.05, 0.1) is 0 Å². The first-order valence-corrected chi connectivity index (χ1v) is 5.77. The number of aliphatic hydroxyl groups excluding tert-OH is 1. The molecule has 0 aliphatic rings. The second kappa shape index (κ2) is 6.83. The Labute approximate surface area is 92.8 Å². The van der Waals surface area contributed by atoms with Crippen LogP contribution in [0.25, 0.3) is 0 Å². The number of esters is 1. The summed E-state index contributed by atoms with van der Waals surface area (Å²) < 4.78 is 5.07. The molecule has 0 rings (SSSR count). The van der Waals surface area contributed by atoms with Crippen molar-refractivity contribution in [3.8, 4) is 0 Å². The molecule has 0 aliphatic heterocycles. The predicted octanol–water partition coefficient (Wildman–Crippen LogP) is 2.66. The number of carbonyl (C=O) groups is 1. The monoisotopic (exact) mass is 216 g/mol. The average Bonchev–Trinajstić information content (AvgIpc) is 2.09. The lowest BCUT2D eigenvalue weighted by Gasteiger charge is -2.21. The van der Waals surface area contributed by atoms with Gasteiger partial charge >= 0.3 is 5.97 Å². The van der Waals surface area contributed by atoms with Crippen molar-refractivity contribution < 1.29 is 14.6 Å². The first kappa shape index (κ1) is 14.4. The van der Waals surface area contributed by atoms with E-state index in [2.05, 4.69) is 6.92 Å². The maximum absolute atomic E-state index is 11.4. The van der Waals surface area contributed by atoms with Crippen molar-refractivity contribution in [2.75, 3.05) is 0 Å². The van der Waals surface area contributed by atoms with E-state index in [9.17, 15) is 9.90 Å². The molecule has 0 aromatic carbocycles. The predicted molar refractivity (Wildman–Crippen MR) is 60.6 cm³/mol. The zero-order chi connectivity index (χ0) is 11.9. The zero-order valence-corrected chi connectivity index (χ0v) is 10.4. The van der Waals surface area contributed by atoms with Crippen LogP contribution in [0.3, 0.4) is 0 Å². The minimum atomic E-state index is -0.957. The van der Waals surface area contributed by atoms with E-state index in [-0.39, 0.29) is 0 Å². The van der Waals surface area contributed by atoms with Crippen molar-refractivity contribution in [1.29, 1.82) is 0 Å². The number of ether oxygens (including phenoxy) is 1. The maximum atomic E-state index is 11.4. The molecule has 0 bridgehead atoms. The molecule has 0 fully saturated rings. The standard InChI is InChI=1S/C12H24O3/c1-5-6-7-8-9-10(13)11(14)15-12(2,3)4/h10,13H,5-9H2,1-4H3/t10-/m1/s1. The molecule has 0 spiro atoms. The van der Waals surface area contributed by atoms with Gasteiger partial charge in [-0.05, 0) is 27.2 Å². The van der Waals surface area contributed by atoms with E-state index in [1.807, 2.05) is 0 Å². The molecule has 0 aliphatic carbocycles. The summed E-state index contributed by atoms with van der Waals surface area (Å²) in [5, 5.41) is 9.51. The summed E-state index contributed by atoms with van der Waals surface area (Å²) in [4.78, 5) is 11.4. The van der Waals surface area contributed by atoms with Gasteiger partial charge in [0.25, 0.3) is 0 Å². The van der Waals surface area contributed by atoms with Crippen LogP contribution in [0.2, 0.25) is 0 Å². The fourth-order valence-electron chi connectivity index (χ4n) is 1.25. The minimum Gasteiger partial charge on any atom is -0.458 e. The lowest BCUT2D eigenvalue weighted by molar-refractivity contribution is -0.165. The summed E-state index contributed by atoms with van der Waals surface area (Å²) in [5.41, 5.74) is -0.512. The van der Waals surface area contributed by atoms with Crippen molar-refractivity contribution in [3.05, 3.63) is 0 Å². The second-order valence-electron chi connectivity index (χ2n) is 4.90. The first-order chi connectivity index (χ1) is 6.87. The van der Waals surface area contributed by atoms with E-state index < -0.39 is 17.7 Å². The van der Waals surface area contributed by atoms with Gasteiger partial charge in [0.1, 0.15) is 5.60 Å². The molecule has 1 N–H and O–H groups in total. The number of hydrogen-bond acceptors (Lipinski definition) is 3. The van der Waals surface area contributed by atoms with Crippen LogP contribution in [0, 0.1) is 0 Å². The molecule has 0 aromatic rings. The highest BCUT2D eigenvalue weighted by Gasteiger charge is 2.22. The smallest absolute Gasteiger partial charge is 0.335 e. The summed E-state index contributed by atoms with van der Waals surface area (Å²) in [6.45, 7) is 7.53. The van der Waals surface area contributed by atoms with Crippen LogP contribution in [0.4, 0.5) is 0 Å². The molecule has 0 unspecified atom stereocenters. The topological polar surface area (TPSA) is 46.5 Å². The molecule has 0 saturated carbocycles. The van der Waals surface area contributed by atoms with Crippen LogP contribution >= 0.6 is 0 Å². The lowest BCUT2D eigenvalue weighted by Crippen LogP contribution is -2.31. The van der Waals surface area contributed by atoms with Crippen molar-refractivity contribution in [1.82, 2.24) is 0 Å². The Morgan fingerprint density at radius 1 is 1.27 bits per heavy atom. The third-order valence-corrected chi connectivity index (χ3v) is 2.01. The third-order valence-electron chi connectivity index (χ3n) is 2.01. The van der Waals surface area contributed by atoms with Crippen molar-refractivity contribution in [3.63, 3.8) is 0 Å². The van der Waals surface area contributed by atoms with Gasteiger partial charge in [0.15, 0.2) is 6.10 Å². The fourth-order valence-corrected chi connectivity index (χ4v) is 1.25. The van der Waals surface area contributed by atoms with Crippen LogP contribution in [-0.4, -0.2) is 22.8 Å². The van der Waals surface area contributed by atoms with Gasteiger partial charge in [-0.25, -0.2) is 4.79 Å². The SMILES string of the molecule is CCCCCC[C@@H](O)C(=O)OC(C)(C)C. The number of unbranched alkanes of at least 4 members (excludes halogenated alkanes) is 3. The Balaban J connectivity index is 3.70. The number of hydrogen-bond donors (Lipinski definition) is 1. The molecule has 1 atom stereocenters. The molecule has 3 heteroatoms. The van der Waals surface area contributed by atoms with Gasteiger partial charge in [0.2, 0.25) is 0 Å².